The van der Waals surface area contributed by atoms with Gasteiger partial charge in [0, 0.05) is 18.8 Å². The molecule has 0 aliphatic rings. The van der Waals surface area contributed by atoms with Crippen LogP contribution in [0.15, 0.2) is 53.4 Å². The number of rotatable bonds is 4. The molecule has 1 atom stereocenters. The second-order valence-electron chi connectivity index (χ2n) is 4.31. The molecule has 3 aromatic rings. The summed E-state index contributed by atoms with van der Waals surface area (Å²) in [7, 11) is 0. The molecule has 0 bridgehead atoms. The van der Waals surface area contributed by atoms with E-state index in [0.29, 0.717) is 6.42 Å². The van der Waals surface area contributed by atoms with Crippen molar-refractivity contribution >= 4 is 11.0 Å². The lowest BCUT2D eigenvalue weighted by molar-refractivity contribution is 0.455. The topological polar surface area (TPSA) is 77.0 Å². The molecule has 5 heteroatoms. The Balaban J connectivity index is 1.92. The lowest BCUT2D eigenvalue weighted by Crippen LogP contribution is -2.29. The number of nitrogens with one attached hydrogen (secondary N) is 1. The van der Waals surface area contributed by atoms with E-state index in [4.69, 9.17) is 10.3 Å². The Hall–Kier alpha value is -2.24. The third-order valence-electron chi connectivity index (χ3n) is 3.08. The molecular formula is C14H14N4O. The first kappa shape index (κ1) is 11.8. The molecule has 0 saturated heterocycles. The van der Waals surface area contributed by atoms with E-state index in [9.17, 15) is 0 Å². The standard InChI is InChI=1S/C14H14N4O/c15-18-13(9-11-2-1-7-19-11)10-3-4-12-14(8-10)17-6-5-16-12/h1-8,13,18H,9,15H2. The molecular weight excluding hydrogens is 240 g/mol. The van der Waals surface area contributed by atoms with Crippen LogP contribution in [-0.2, 0) is 6.42 Å². The Morgan fingerprint density at radius 3 is 2.74 bits per heavy atom. The van der Waals surface area contributed by atoms with Crippen LogP contribution in [0.1, 0.15) is 17.4 Å². The van der Waals surface area contributed by atoms with E-state index in [0.717, 1.165) is 22.4 Å². The van der Waals surface area contributed by atoms with Gasteiger partial charge in [0.15, 0.2) is 0 Å². The highest BCUT2D eigenvalue weighted by Gasteiger charge is 2.13. The number of nitrogens with zero attached hydrogens (tertiary/aromatic N) is 2. The number of hydrogen-bond donors (Lipinski definition) is 2. The van der Waals surface area contributed by atoms with Crippen LogP contribution in [0.3, 0.4) is 0 Å². The summed E-state index contributed by atoms with van der Waals surface area (Å²) in [6, 6.07) is 9.74. The molecule has 1 aromatic carbocycles. The molecule has 0 radical (unpaired) electrons. The molecule has 0 aliphatic carbocycles. The maximum absolute atomic E-state index is 5.64. The van der Waals surface area contributed by atoms with E-state index < -0.39 is 0 Å². The number of furan rings is 1. The number of fused-ring (bicyclic) bond motifs is 1. The Kier molecular flexibility index (Phi) is 3.22. The van der Waals surface area contributed by atoms with Gasteiger partial charge in [-0.3, -0.25) is 21.2 Å². The molecule has 1 unspecified atom stereocenters. The van der Waals surface area contributed by atoms with E-state index in [1.165, 1.54) is 0 Å². The van der Waals surface area contributed by atoms with Crippen molar-refractivity contribution in [1.29, 1.82) is 0 Å². The molecule has 3 N–H and O–H groups in total. The summed E-state index contributed by atoms with van der Waals surface area (Å²) in [4.78, 5) is 8.55. The summed E-state index contributed by atoms with van der Waals surface area (Å²) in [5.41, 5.74) is 5.61. The van der Waals surface area contributed by atoms with Gasteiger partial charge < -0.3 is 4.42 Å². The molecule has 0 spiro atoms. The van der Waals surface area contributed by atoms with Crippen LogP contribution in [0.25, 0.3) is 11.0 Å². The molecule has 2 aromatic heterocycles. The molecule has 0 aliphatic heterocycles. The summed E-state index contributed by atoms with van der Waals surface area (Å²) in [5, 5.41) is 0. The van der Waals surface area contributed by atoms with Crippen molar-refractivity contribution < 1.29 is 4.42 Å². The van der Waals surface area contributed by atoms with Crippen LogP contribution < -0.4 is 11.3 Å². The highest BCUT2D eigenvalue weighted by molar-refractivity contribution is 5.74. The second kappa shape index (κ2) is 5.17. The fourth-order valence-corrected chi connectivity index (χ4v) is 2.10. The minimum absolute atomic E-state index is 0.0162. The Labute approximate surface area is 110 Å². The highest BCUT2D eigenvalue weighted by atomic mass is 16.3. The molecule has 96 valence electrons. The van der Waals surface area contributed by atoms with Crippen LogP contribution in [-0.4, -0.2) is 9.97 Å². The minimum Gasteiger partial charge on any atom is -0.469 e. The van der Waals surface area contributed by atoms with E-state index >= 15 is 0 Å². The van der Waals surface area contributed by atoms with Crippen molar-refractivity contribution in [3.8, 4) is 0 Å². The molecule has 3 rings (SSSR count). The normalized spacial score (nSPS) is 12.7. The minimum atomic E-state index is -0.0162. The fourth-order valence-electron chi connectivity index (χ4n) is 2.10. The van der Waals surface area contributed by atoms with Crippen molar-refractivity contribution in [2.24, 2.45) is 5.84 Å². The number of aromatic nitrogens is 2. The SMILES string of the molecule is NNC(Cc1ccco1)c1ccc2nccnc2c1. The van der Waals surface area contributed by atoms with Gasteiger partial charge in [-0.05, 0) is 29.8 Å². The van der Waals surface area contributed by atoms with Gasteiger partial charge in [0.05, 0.1) is 23.3 Å². The predicted octanol–water partition coefficient (Wildman–Crippen LogP) is 1.97. The molecule has 2 heterocycles. The van der Waals surface area contributed by atoms with E-state index in [-0.39, 0.29) is 6.04 Å². The molecule has 5 nitrogen and oxygen atoms in total. The Morgan fingerprint density at radius 1 is 1.16 bits per heavy atom. The van der Waals surface area contributed by atoms with Gasteiger partial charge >= 0.3 is 0 Å². The van der Waals surface area contributed by atoms with Crippen molar-refractivity contribution in [2.45, 2.75) is 12.5 Å². The zero-order valence-electron chi connectivity index (χ0n) is 10.3. The summed E-state index contributed by atoms with van der Waals surface area (Å²) >= 11 is 0. The predicted molar refractivity (Wildman–Crippen MR) is 72.0 cm³/mol. The van der Waals surface area contributed by atoms with Gasteiger partial charge in [-0.1, -0.05) is 6.07 Å². The number of hydrogen-bond acceptors (Lipinski definition) is 5. The van der Waals surface area contributed by atoms with E-state index in [1.54, 1.807) is 18.7 Å². The highest BCUT2D eigenvalue weighted by Crippen LogP contribution is 2.21. The maximum Gasteiger partial charge on any atom is 0.105 e. The zero-order chi connectivity index (χ0) is 13.1. The number of hydrazine groups is 1. The van der Waals surface area contributed by atoms with Gasteiger partial charge in [0.2, 0.25) is 0 Å². The van der Waals surface area contributed by atoms with E-state index in [1.807, 2.05) is 30.3 Å². The molecule has 0 amide bonds. The van der Waals surface area contributed by atoms with Crippen LogP contribution >= 0.6 is 0 Å². The van der Waals surface area contributed by atoms with Crippen LogP contribution in [0, 0.1) is 0 Å². The van der Waals surface area contributed by atoms with Crippen LogP contribution in [0.2, 0.25) is 0 Å². The monoisotopic (exact) mass is 254 g/mol. The van der Waals surface area contributed by atoms with E-state index in [2.05, 4.69) is 15.4 Å². The largest absolute Gasteiger partial charge is 0.469 e. The molecule has 0 saturated carbocycles. The van der Waals surface area contributed by atoms with Gasteiger partial charge in [-0.15, -0.1) is 0 Å². The first-order valence-corrected chi connectivity index (χ1v) is 6.06. The zero-order valence-corrected chi connectivity index (χ0v) is 10.3. The second-order valence-corrected chi connectivity index (χ2v) is 4.31. The van der Waals surface area contributed by atoms with Crippen LogP contribution in [0.5, 0.6) is 0 Å². The molecule has 0 fully saturated rings. The first-order valence-electron chi connectivity index (χ1n) is 6.06. The summed E-state index contributed by atoms with van der Waals surface area (Å²) < 4.78 is 5.35. The van der Waals surface area contributed by atoms with Gasteiger partial charge in [0.1, 0.15) is 5.76 Å². The van der Waals surface area contributed by atoms with Gasteiger partial charge in [-0.2, -0.15) is 0 Å². The summed E-state index contributed by atoms with van der Waals surface area (Å²) in [5.74, 6) is 6.53. The van der Waals surface area contributed by atoms with Crippen molar-refractivity contribution in [3.05, 3.63) is 60.3 Å². The Morgan fingerprint density at radius 2 is 2.00 bits per heavy atom. The smallest absolute Gasteiger partial charge is 0.105 e. The van der Waals surface area contributed by atoms with Crippen molar-refractivity contribution in [3.63, 3.8) is 0 Å². The Bertz CT molecular complexity index is 666. The summed E-state index contributed by atoms with van der Waals surface area (Å²) in [6.45, 7) is 0. The van der Waals surface area contributed by atoms with Crippen molar-refractivity contribution in [1.82, 2.24) is 15.4 Å². The summed E-state index contributed by atoms with van der Waals surface area (Å²) in [6.07, 6.45) is 5.72. The quantitative estimate of drug-likeness (QED) is 0.550. The van der Waals surface area contributed by atoms with Gasteiger partial charge in [-0.25, -0.2) is 0 Å². The van der Waals surface area contributed by atoms with Crippen LogP contribution in [0.4, 0.5) is 0 Å². The average molecular weight is 254 g/mol. The molecule has 19 heavy (non-hydrogen) atoms. The lowest BCUT2D eigenvalue weighted by Gasteiger charge is -2.15. The first-order chi connectivity index (χ1) is 9.36. The van der Waals surface area contributed by atoms with Crippen molar-refractivity contribution in [2.75, 3.05) is 0 Å². The number of benzene rings is 1. The van der Waals surface area contributed by atoms with Gasteiger partial charge in [0.25, 0.3) is 0 Å². The average Bonchev–Trinajstić information content (AvgIpc) is 2.97. The third-order valence-corrected chi connectivity index (χ3v) is 3.08. The third kappa shape index (κ3) is 2.47. The number of nitrogens with two attached hydrogens (primary N) is 1. The fraction of sp³-hybridized carbons (Fsp3) is 0.143. The lowest BCUT2D eigenvalue weighted by atomic mass is 10.0. The maximum atomic E-state index is 5.64.